The second kappa shape index (κ2) is 7.96. The van der Waals surface area contributed by atoms with Gasteiger partial charge in [-0.1, -0.05) is 30.3 Å². The first kappa shape index (κ1) is 18.0. The second-order valence-electron chi connectivity index (χ2n) is 5.62. The summed E-state index contributed by atoms with van der Waals surface area (Å²) >= 11 is 0. The number of ether oxygens (including phenoxy) is 2. The minimum atomic E-state index is -1.24. The van der Waals surface area contributed by atoms with Gasteiger partial charge in [0.2, 0.25) is 7.85 Å². The standard InChI is InChI=1S/C16H18BNO6/c1-9-13(19)11(7-10-5-3-2-4-6-10)14(20)23-8-12(15(21)24-9)18-16(17)22/h2-6,9,11-13,19H,7-8H2,1H3,(H,18,22)/t9-,11+,12?,13-/m0/s1. The highest BCUT2D eigenvalue weighted by Gasteiger charge is 2.38. The van der Waals surface area contributed by atoms with Crippen LogP contribution in [0.15, 0.2) is 30.3 Å². The molecule has 126 valence electrons. The minimum absolute atomic E-state index is 0.233. The normalized spacial score (nSPS) is 27.9. The summed E-state index contributed by atoms with van der Waals surface area (Å²) in [6.07, 6.45) is -1.96. The molecular weight excluding hydrogens is 313 g/mol. The van der Waals surface area contributed by atoms with Crippen LogP contribution in [0.1, 0.15) is 12.5 Å². The van der Waals surface area contributed by atoms with E-state index in [0.717, 1.165) is 5.56 Å². The largest absolute Gasteiger partial charge is 0.463 e. The van der Waals surface area contributed by atoms with Gasteiger partial charge in [-0.25, -0.2) is 4.79 Å². The zero-order valence-electron chi connectivity index (χ0n) is 13.2. The molecule has 1 aliphatic rings. The van der Waals surface area contributed by atoms with E-state index in [1.54, 1.807) is 0 Å². The Morgan fingerprint density at radius 3 is 2.58 bits per heavy atom. The summed E-state index contributed by atoms with van der Waals surface area (Å²) in [5.41, 5.74) is 0.836. The monoisotopic (exact) mass is 331 g/mol. The van der Waals surface area contributed by atoms with Crippen molar-refractivity contribution in [1.29, 1.82) is 0 Å². The van der Waals surface area contributed by atoms with Crippen molar-refractivity contribution in [2.24, 2.45) is 5.92 Å². The van der Waals surface area contributed by atoms with Gasteiger partial charge in [-0.2, -0.15) is 0 Å². The lowest BCUT2D eigenvalue weighted by atomic mass is 9.91. The number of amides is 1. The number of carbonyl (C=O) groups excluding carboxylic acids is 3. The van der Waals surface area contributed by atoms with Gasteiger partial charge < -0.3 is 19.9 Å². The zero-order valence-corrected chi connectivity index (χ0v) is 13.2. The fourth-order valence-electron chi connectivity index (χ4n) is 2.49. The Bertz CT molecular complexity index is 608. The van der Waals surface area contributed by atoms with Crippen LogP contribution in [0.2, 0.25) is 0 Å². The van der Waals surface area contributed by atoms with E-state index in [4.69, 9.17) is 17.3 Å². The zero-order chi connectivity index (χ0) is 17.7. The first-order chi connectivity index (χ1) is 11.4. The third-order valence-corrected chi connectivity index (χ3v) is 3.79. The van der Waals surface area contributed by atoms with Gasteiger partial charge in [0.1, 0.15) is 18.8 Å². The lowest BCUT2D eigenvalue weighted by Crippen LogP contribution is -2.45. The van der Waals surface area contributed by atoms with E-state index in [9.17, 15) is 19.5 Å². The van der Waals surface area contributed by atoms with Gasteiger partial charge in [-0.15, -0.1) is 0 Å². The quantitative estimate of drug-likeness (QED) is 0.594. The smallest absolute Gasteiger partial charge is 0.332 e. The SMILES string of the molecule is [B]C(=O)NC1COC(=O)[C@H](Cc2ccccc2)[C@@H](O)[C@H](C)OC1=O. The number of aliphatic hydroxyl groups is 1. The Balaban J connectivity index is 2.19. The van der Waals surface area contributed by atoms with Crippen molar-refractivity contribution < 1.29 is 29.0 Å². The molecule has 24 heavy (non-hydrogen) atoms. The number of hydrogen-bond acceptors (Lipinski definition) is 6. The van der Waals surface area contributed by atoms with Crippen molar-refractivity contribution in [3.63, 3.8) is 0 Å². The summed E-state index contributed by atoms with van der Waals surface area (Å²) in [5.74, 6) is -3.34. The van der Waals surface area contributed by atoms with Gasteiger partial charge >= 0.3 is 11.9 Å². The number of aliphatic hydroxyl groups excluding tert-OH is 1. The first-order valence-electron chi connectivity index (χ1n) is 7.53. The average Bonchev–Trinajstić information content (AvgIpc) is 2.58. The molecule has 1 amide bonds. The molecular formula is C16H18BNO6. The van der Waals surface area contributed by atoms with Crippen LogP contribution in [0.3, 0.4) is 0 Å². The van der Waals surface area contributed by atoms with Crippen LogP contribution in [0.25, 0.3) is 0 Å². The van der Waals surface area contributed by atoms with Gasteiger partial charge in [0.05, 0.1) is 5.92 Å². The van der Waals surface area contributed by atoms with Crippen LogP contribution >= 0.6 is 0 Å². The second-order valence-corrected chi connectivity index (χ2v) is 5.62. The minimum Gasteiger partial charge on any atom is -0.463 e. The van der Waals surface area contributed by atoms with Crippen LogP contribution in [-0.2, 0) is 25.5 Å². The molecule has 0 saturated carbocycles. The fraction of sp³-hybridized carbons (Fsp3) is 0.438. The molecule has 1 saturated heterocycles. The molecule has 7 nitrogen and oxygen atoms in total. The molecule has 1 aromatic rings. The molecule has 8 heteroatoms. The maximum absolute atomic E-state index is 12.3. The predicted octanol–water partition coefficient (Wildman–Crippen LogP) is -0.0586. The number of benzene rings is 1. The lowest BCUT2D eigenvalue weighted by Gasteiger charge is -2.24. The van der Waals surface area contributed by atoms with Crippen LogP contribution in [0.4, 0.5) is 4.79 Å². The molecule has 4 atom stereocenters. The Labute approximate surface area is 140 Å². The molecule has 0 spiro atoms. The summed E-state index contributed by atoms with van der Waals surface area (Å²) in [7, 11) is 4.99. The van der Waals surface area contributed by atoms with Crippen molar-refractivity contribution >= 4 is 25.6 Å². The predicted molar refractivity (Wildman–Crippen MR) is 84.2 cm³/mol. The maximum Gasteiger partial charge on any atom is 0.332 e. The molecule has 1 aromatic carbocycles. The topological polar surface area (TPSA) is 102 Å². The summed E-state index contributed by atoms with van der Waals surface area (Å²) in [6, 6.07) is 7.90. The number of rotatable bonds is 3. The van der Waals surface area contributed by atoms with E-state index in [1.807, 2.05) is 30.3 Å². The van der Waals surface area contributed by atoms with Crippen LogP contribution in [0, 0.1) is 5.92 Å². The Morgan fingerprint density at radius 2 is 1.96 bits per heavy atom. The summed E-state index contributed by atoms with van der Waals surface area (Å²) in [6.45, 7) is 1.06. The summed E-state index contributed by atoms with van der Waals surface area (Å²) < 4.78 is 10.2. The van der Waals surface area contributed by atoms with E-state index in [0.29, 0.717) is 0 Å². The molecule has 0 aliphatic carbocycles. The molecule has 0 bridgehead atoms. The van der Waals surface area contributed by atoms with Crippen molar-refractivity contribution in [2.45, 2.75) is 31.6 Å². The highest BCUT2D eigenvalue weighted by Crippen LogP contribution is 2.20. The van der Waals surface area contributed by atoms with Crippen molar-refractivity contribution in [3.05, 3.63) is 35.9 Å². The van der Waals surface area contributed by atoms with E-state index in [-0.39, 0.29) is 6.42 Å². The van der Waals surface area contributed by atoms with E-state index >= 15 is 0 Å². The molecule has 2 rings (SSSR count). The van der Waals surface area contributed by atoms with Gasteiger partial charge in [-0.3, -0.25) is 9.59 Å². The van der Waals surface area contributed by atoms with Gasteiger partial charge in [0.25, 0.3) is 0 Å². The van der Waals surface area contributed by atoms with E-state index < -0.39 is 48.5 Å². The number of nitrogens with one attached hydrogen (secondary N) is 1. The lowest BCUT2D eigenvalue weighted by molar-refractivity contribution is -0.159. The van der Waals surface area contributed by atoms with Gasteiger partial charge in [-0.05, 0) is 18.9 Å². The maximum atomic E-state index is 12.3. The van der Waals surface area contributed by atoms with Gasteiger partial charge in [0.15, 0.2) is 11.8 Å². The highest BCUT2D eigenvalue weighted by molar-refractivity contribution is 6.57. The Morgan fingerprint density at radius 1 is 1.29 bits per heavy atom. The molecule has 2 N–H and O–H groups in total. The van der Waals surface area contributed by atoms with Crippen LogP contribution < -0.4 is 5.32 Å². The fourth-order valence-corrected chi connectivity index (χ4v) is 2.49. The summed E-state index contributed by atoms with van der Waals surface area (Å²) in [4.78, 5) is 35.3. The van der Waals surface area contributed by atoms with Crippen LogP contribution in [0.5, 0.6) is 0 Å². The number of esters is 2. The van der Waals surface area contributed by atoms with Crippen LogP contribution in [-0.4, -0.2) is 55.6 Å². The number of cyclic esters (lactones) is 2. The molecule has 1 aliphatic heterocycles. The Hall–Kier alpha value is -2.35. The van der Waals surface area contributed by atoms with Crippen molar-refractivity contribution in [1.82, 2.24) is 5.32 Å². The molecule has 1 fully saturated rings. The molecule has 1 heterocycles. The first-order valence-corrected chi connectivity index (χ1v) is 7.53. The highest BCUT2D eigenvalue weighted by atomic mass is 16.6. The molecule has 0 aromatic heterocycles. The third kappa shape index (κ3) is 4.58. The number of carbonyl (C=O) groups is 3. The van der Waals surface area contributed by atoms with Crippen molar-refractivity contribution in [2.75, 3.05) is 6.61 Å². The molecule has 2 radical (unpaired) electrons. The van der Waals surface area contributed by atoms with Crippen molar-refractivity contribution in [3.8, 4) is 0 Å². The average molecular weight is 331 g/mol. The van der Waals surface area contributed by atoms with E-state index in [1.165, 1.54) is 6.92 Å². The Kier molecular flexibility index (Phi) is 5.97. The summed E-state index contributed by atoms with van der Waals surface area (Å²) in [5, 5.41) is 12.5. The third-order valence-electron chi connectivity index (χ3n) is 3.79. The molecule has 1 unspecified atom stereocenters. The van der Waals surface area contributed by atoms with E-state index in [2.05, 4.69) is 5.32 Å². The van der Waals surface area contributed by atoms with Gasteiger partial charge in [0, 0.05) is 0 Å². The number of hydrogen-bond donors (Lipinski definition) is 2.